The molecule has 3 aliphatic heterocycles. The minimum Gasteiger partial charge on any atom is -0.462 e. The van der Waals surface area contributed by atoms with E-state index in [4.69, 9.17) is 31.0 Å². The first-order chi connectivity index (χ1) is 27.3. The Morgan fingerprint density at radius 3 is 2.71 bits per heavy atom. The predicted molar refractivity (Wildman–Crippen MR) is 226 cm³/mol. The maximum Gasteiger partial charge on any atom is 0.318 e. The summed E-state index contributed by atoms with van der Waals surface area (Å²) < 4.78 is 13.2. The Morgan fingerprint density at radius 1 is 1.05 bits per heavy atom. The minimum absolute atomic E-state index is 0.0118. The Hall–Kier alpha value is -4.49. The molecule has 2 fully saturated rings. The fourth-order valence-corrected chi connectivity index (χ4v) is 8.91. The maximum atomic E-state index is 12.7. The molecule has 0 radical (unpaired) electrons. The van der Waals surface area contributed by atoms with Crippen LogP contribution < -0.4 is 19.9 Å². The first kappa shape index (κ1) is 39.7. The van der Waals surface area contributed by atoms with Gasteiger partial charge < -0.3 is 29.5 Å². The van der Waals surface area contributed by atoms with Crippen LogP contribution in [0.2, 0.25) is 5.02 Å². The standard InChI is InChI=1S/C42H46ClIN8O4/c1-2-39(54)52-22-21-51(24-32(52)14-16-45)41-34-15-19-50(37-13-5-9-30-8-4-12-35(43)40(30)37)25-36(34)47-42(48-41)56-27-33-11-6-18-49(33)20-17-46-38(53)28-55-26-29-7-3-10-31(44)23-29/h2-5,7-10,12-13,23,32-33H,1,6,11,14-15,17-22,24-28H2,(H,46,53)/t32-,33-/m0/s1. The molecule has 14 heteroatoms. The molecule has 1 aromatic heterocycles. The van der Waals surface area contributed by atoms with Crippen LogP contribution in [0.4, 0.5) is 11.5 Å². The van der Waals surface area contributed by atoms with Crippen LogP contribution in [0.5, 0.6) is 6.01 Å². The molecule has 292 valence electrons. The molecule has 0 aliphatic carbocycles. The first-order valence-corrected chi connectivity index (χ1v) is 20.6. The number of nitriles is 1. The molecule has 3 aliphatic rings. The number of carbonyl (C=O) groups is 2. The summed E-state index contributed by atoms with van der Waals surface area (Å²) in [6.45, 7) is 9.40. The smallest absolute Gasteiger partial charge is 0.318 e. The van der Waals surface area contributed by atoms with E-state index in [1.807, 2.05) is 36.4 Å². The second-order valence-corrected chi connectivity index (χ2v) is 16.0. The van der Waals surface area contributed by atoms with Crippen molar-refractivity contribution in [2.75, 3.05) is 68.8 Å². The molecular weight excluding hydrogens is 843 g/mol. The Kier molecular flexibility index (Phi) is 13.2. The van der Waals surface area contributed by atoms with E-state index in [1.54, 1.807) is 4.90 Å². The number of hydrogen-bond acceptors (Lipinski definition) is 10. The summed E-state index contributed by atoms with van der Waals surface area (Å²) in [5.74, 6) is 0.489. The molecule has 2 atom stereocenters. The van der Waals surface area contributed by atoms with Crippen molar-refractivity contribution >= 4 is 68.3 Å². The van der Waals surface area contributed by atoms with Gasteiger partial charge in [-0.05, 0) is 89.7 Å². The number of anilines is 2. The van der Waals surface area contributed by atoms with Gasteiger partial charge in [0.15, 0.2) is 0 Å². The molecule has 7 rings (SSSR count). The first-order valence-electron chi connectivity index (χ1n) is 19.1. The quantitative estimate of drug-likeness (QED) is 0.124. The molecule has 0 bridgehead atoms. The number of aromatic nitrogens is 2. The van der Waals surface area contributed by atoms with Crippen LogP contribution in [0.15, 0.2) is 73.3 Å². The molecule has 1 N–H and O–H groups in total. The third-order valence-corrected chi connectivity index (χ3v) is 11.8. The van der Waals surface area contributed by atoms with Crippen molar-refractivity contribution in [1.29, 1.82) is 5.26 Å². The summed E-state index contributed by atoms with van der Waals surface area (Å²) in [5.41, 5.74) is 4.03. The third-order valence-electron chi connectivity index (χ3n) is 10.8. The summed E-state index contributed by atoms with van der Waals surface area (Å²) in [5, 5.41) is 15.4. The number of amides is 2. The van der Waals surface area contributed by atoms with E-state index >= 15 is 0 Å². The van der Waals surface area contributed by atoms with E-state index in [0.29, 0.717) is 69.9 Å². The van der Waals surface area contributed by atoms with Crippen LogP contribution in [0, 0.1) is 14.9 Å². The van der Waals surface area contributed by atoms with E-state index in [1.165, 1.54) is 6.08 Å². The van der Waals surface area contributed by atoms with Gasteiger partial charge in [0.05, 0.1) is 42.4 Å². The number of ether oxygens (including phenoxy) is 2. The molecule has 12 nitrogen and oxygen atoms in total. The van der Waals surface area contributed by atoms with Crippen molar-refractivity contribution in [3.8, 4) is 12.1 Å². The molecule has 4 aromatic rings. The van der Waals surface area contributed by atoms with Crippen LogP contribution in [0.25, 0.3) is 10.8 Å². The highest BCUT2D eigenvalue weighted by Gasteiger charge is 2.34. The molecular formula is C42H46ClIN8O4. The highest BCUT2D eigenvalue weighted by atomic mass is 127. The fourth-order valence-electron chi connectivity index (χ4n) is 8.02. The molecule has 56 heavy (non-hydrogen) atoms. The lowest BCUT2D eigenvalue weighted by atomic mass is 10.0. The van der Waals surface area contributed by atoms with Gasteiger partial charge in [-0.1, -0.05) is 54.6 Å². The SMILES string of the molecule is C=CC(=O)N1CCN(c2nc(OC[C@@H]3CCCN3CCNC(=O)COCc3cccc(I)c3)nc3c2CCN(c2cccc4cccc(Cl)c24)C3)C[C@@H]1CC#N. The lowest BCUT2D eigenvalue weighted by Crippen LogP contribution is -2.55. The average molecular weight is 889 g/mol. The summed E-state index contributed by atoms with van der Waals surface area (Å²) in [6.07, 6.45) is 4.23. The van der Waals surface area contributed by atoms with Gasteiger partial charge in [-0.2, -0.15) is 15.2 Å². The number of rotatable bonds is 14. The molecule has 0 unspecified atom stereocenters. The van der Waals surface area contributed by atoms with Crippen LogP contribution in [-0.2, 0) is 33.9 Å². The number of piperazine rings is 1. The van der Waals surface area contributed by atoms with Gasteiger partial charge in [0.2, 0.25) is 11.8 Å². The lowest BCUT2D eigenvalue weighted by Gasteiger charge is -2.42. The van der Waals surface area contributed by atoms with Crippen molar-refractivity contribution in [3.05, 3.63) is 98.7 Å². The second kappa shape index (κ2) is 18.6. The summed E-state index contributed by atoms with van der Waals surface area (Å²) in [4.78, 5) is 43.9. The maximum absolute atomic E-state index is 12.7. The fraction of sp³-hybridized carbons (Fsp3) is 0.405. The van der Waals surface area contributed by atoms with Gasteiger partial charge >= 0.3 is 6.01 Å². The third kappa shape index (κ3) is 9.37. The van der Waals surface area contributed by atoms with Crippen LogP contribution in [0.3, 0.4) is 0 Å². The number of halogens is 2. The van der Waals surface area contributed by atoms with E-state index < -0.39 is 0 Å². The summed E-state index contributed by atoms with van der Waals surface area (Å²) in [6, 6.07) is 22.7. The zero-order chi connectivity index (χ0) is 39.0. The zero-order valence-electron chi connectivity index (χ0n) is 31.3. The van der Waals surface area contributed by atoms with E-state index in [0.717, 1.165) is 68.6 Å². The molecule has 0 spiro atoms. The Bertz CT molecular complexity index is 2110. The van der Waals surface area contributed by atoms with Crippen molar-refractivity contribution in [2.45, 2.75) is 50.9 Å². The highest BCUT2D eigenvalue weighted by Crippen LogP contribution is 2.37. The van der Waals surface area contributed by atoms with Gasteiger partial charge in [0.25, 0.3) is 0 Å². The van der Waals surface area contributed by atoms with Gasteiger partial charge in [-0.15, -0.1) is 0 Å². The van der Waals surface area contributed by atoms with E-state index in [9.17, 15) is 14.9 Å². The van der Waals surface area contributed by atoms with E-state index in [-0.39, 0.29) is 36.9 Å². The Labute approximate surface area is 346 Å². The summed E-state index contributed by atoms with van der Waals surface area (Å²) in [7, 11) is 0. The highest BCUT2D eigenvalue weighted by molar-refractivity contribution is 14.1. The number of likely N-dealkylation sites (tertiary alicyclic amines) is 1. The monoisotopic (exact) mass is 888 g/mol. The number of hydrogen-bond donors (Lipinski definition) is 1. The number of carbonyl (C=O) groups excluding carboxylic acids is 2. The van der Waals surface area contributed by atoms with Gasteiger partial charge in [-0.3, -0.25) is 14.5 Å². The topological polar surface area (TPSA) is 127 Å². The number of nitrogens with one attached hydrogen (secondary N) is 1. The van der Waals surface area contributed by atoms with Crippen LogP contribution in [0.1, 0.15) is 36.1 Å². The van der Waals surface area contributed by atoms with Crippen molar-refractivity contribution < 1.29 is 19.1 Å². The second-order valence-electron chi connectivity index (χ2n) is 14.4. The zero-order valence-corrected chi connectivity index (χ0v) is 34.3. The molecule has 2 amide bonds. The molecule has 4 heterocycles. The van der Waals surface area contributed by atoms with E-state index in [2.05, 4.69) is 79.5 Å². The minimum atomic E-state index is -0.293. The van der Waals surface area contributed by atoms with Gasteiger partial charge in [0.1, 0.15) is 19.0 Å². The Balaban J connectivity index is 1.05. The average Bonchev–Trinajstić information content (AvgIpc) is 3.66. The Morgan fingerprint density at radius 2 is 1.89 bits per heavy atom. The van der Waals surface area contributed by atoms with Crippen LogP contribution in [-0.4, -0.2) is 103 Å². The largest absolute Gasteiger partial charge is 0.462 e. The predicted octanol–water partition coefficient (Wildman–Crippen LogP) is 5.74. The van der Waals surface area contributed by atoms with Crippen LogP contribution >= 0.6 is 34.2 Å². The molecule has 0 saturated carbocycles. The van der Waals surface area contributed by atoms with Crippen molar-refractivity contribution in [3.63, 3.8) is 0 Å². The van der Waals surface area contributed by atoms with Gasteiger partial charge in [0, 0.05) is 65.5 Å². The summed E-state index contributed by atoms with van der Waals surface area (Å²) >= 11 is 9.02. The normalized spacial score (nSPS) is 18.4. The van der Waals surface area contributed by atoms with Crippen molar-refractivity contribution in [1.82, 2.24) is 25.1 Å². The number of benzene rings is 3. The number of fused-ring (bicyclic) bond motifs is 2. The molecule has 3 aromatic carbocycles. The van der Waals surface area contributed by atoms with Crippen molar-refractivity contribution in [2.24, 2.45) is 0 Å². The molecule has 2 saturated heterocycles. The van der Waals surface area contributed by atoms with Gasteiger partial charge in [-0.25, -0.2) is 0 Å². The number of nitrogens with zero attached hydrogens (tertiary/aromatic N) is 7. The lowest BCUT2D eigenvalue weighted by molar-refractivity contribution is -0.128.